The maximum atomic E-state index is 10.3. The van der Waals surface area contributed by atoms with Crippen molar-refractivity contribution in [1.82, 2.24) is 5.32 Å². The third-order valence-corrected chi connectivity index (χ3v) is 0.793. The van der Waals surface area contributed by atoms with Crippen LogP contribution >= 0.6 is 11.6 Å². The summed E-state index contributed by atoms with van der Waals surface area (Å²) in [6, 6.07) is 1.61. The van der Waals surface area contributed by atoms with Gasteiger partial charge in [0.25, 0.3) is 0 Å². The number of carbonyl (C=O) groups is 1. The van der Waals surface area contributed by atoms with Gasteiger partial charge in [0.15, 0.2) is 5.50 Å². The molecule has 9 heavy (non-hydrogen) atoms. The molecule has 0 bridgehead atoms. The second-order valence-corrected chi connectivity index (χ2v) is 1.70. The third kappa shape index (κ3) is 3.76. The van der Waals surface area contributed by atoms with E-state index in [1.54, 1.807) is 6.07 Å². The fraction of sp³-hybridized carbons (Fsp3) is 0.500. The lowest BCUT2D eigenvalue weighted by atomic mass is 10.6. The summed E-state index contributed by atoms with van der Waals surface area (Å²) in [6.45, 7) is -0.148. The summed E-state index contributed by atoms with van der Waals surface area (Å²) in [5, 5.41) is 10.2. The Morgan fingerprint density at radius 3 is 2.89 bits per heavy atom. The van der Waals surface area contributed by atoms with Crippen LogP contribution in [0.5, 0.6) is 0 Å². The van der Waals surface area contributed by atoms with Crippen LogP contribution in [-0.2, 0) is 4.79 Å². The van der Waals surface area contributed by atoms with Crippen LogP contribution in [0.3, 0.4) is 0 Å². The summed E-state index contributed by atoms with van der Waals surface area (Å²) < 4.78 is 0. The van der Waals surface area contributed by atoms with Gasteiger partial charge in [-0.05, 0) is 0 Å². The second kappa shape index (κ2) is 4.13. The Labute approximate surface area is 57.6 Å². The van der Waals surface area contributed by atoms with E-state index < -0.39 is 11.4 Å². The van der Waals surface area contributed by atoms with Gasteiger partial charge < -0.3 is 11.1 Å². The van der Waals surface area contributed by atoms with Gasteiger partial charge in [-0.25, -0.2) is 0 Å². The van der Waals surface area contributed by atoms with Gasteiger partial charge in [0.05, 0.1) is 6.54 Å². The van der Waals surface area contributed by atoms with Gasteiger partial charge in [-0.15, -0.1) is 0 Å². The van der Waals surface area contributed by atoms with Gasteiger partial charge in [-0.3, -0.25) is 4.79 Å². The molecule has 0 aromatic heterocycles. The molecule has 3 N–H and O–H groups in total. The molecule has 1 amide bonds. The summed E-state index contributed by atoms with van der Waals surface area (Å²) in [5.41, 5.74) is 3.92. The van der Waals surface area contributed by atoms with Crippen LogP contribution in [0.25, 0.3) is 0 Å². The average molecular weight is 148 g/mol. The predicted octanol–water partition coefficient (Wildman–Crippen LogP) is -0.850. The van der Waals surface area contributed by atoms with Gasteiger partial charge in [0.1, 0.15) is 6.07 Å². The summed E-state index contributed by atoms with van der Waals surface area (Å²) in [7, 11) is 0. The van der Waals surface area contributed by atoms with Crippen molar-refractivity contribution in [2.75, 3.05) is 6.54 Å². The van der Waals surface area contributed by atoms with Crippen molar-refractivity contribution in [3.05, 3.63) is 0 Å². The fourth-order valence-corrected chi connectivity index (χ4v) is 0.354. The summed E-state index contributed by atoms with van der Waals surface area (Å²) in [4.78, 5) is 10.3. The third-order valence-electron chi connectivity index (χ3n) is 0.586. The molecule has 0 rings (SSSR count). The van der Waals surface area contributed by atoms with E-state index in [4.69, 9.17) is 22.6 Å². The number of carbonyl (C=O) groups excluding carboxylic acids is 1. The number of nitrogens with zero attached hydrogens (tertiary/aromatic N) is 1. The number of alkyl halides is 1. The first kappa shape index (κ1) is 8.21. The minimum absolute atomic E-state index is 0.148. The fourth-order valence-electron chi connectivity index (χ4n) is 0.233. The molecule has 0 saturated carbocycles. The van der Waals surface area contributed by atoms with E-state index in [2.05, 4.69) is 5.32 Å². The normalized spacial score (nSPS) is 11.7. The van der Waals surface area contributed by atoms with Gasteiger partial charge in [-0.2, -0.15) is 5.26 Å². The highest BCUT2D eigenvalue weighted by molar-refractivity contribution is 6.22. The summed E-state index contributed by atoms with van der Waals surface area (Å²) in [5.74, 6) is -0.434. The van der Waals surface area contributed by atoms with E-state index >= 15 is 0 Å². The molecule has 0 fully saturated rings. The summed E-state index contributed by atoms with van der Waals surface area (Å²) in [6.07, 6.45) is 0. The van der Waals surface area contributed by atoms with E-state index in [9.17, 15) is 4.79 Å². The molecule has 0 spiro atoms. The van der Waals surface area contributed by atoms with E-state index in [-0.39, 0.29) is 6.54 Å². The van der Waals surface area contributed by atoms with Gasteiger partial charge in [-0.1, -0.05) is 11.6 Å². The maximum Gasteiger partial charge on any atom is 0.235 e. The highest BCUT2D eigenvalue weighted by Gasteiger charge is 2.03. The van der Waals surface area contributed by atoms with Gasteiger partial charge in [0, 0.05) is 0 Å². The number of halogens is 1. The largest absolute Gasteiger partial charge is 0.327 e. The standard InChI is InChI=1S/C4H6ClN3O/c5-3(1-6)8-4(9)2-7/h3H,2,7H2,(H,8,9). The number of amides is 1. The van der Waals surface area contributed by atoms with Crippen LogP contribution in [0.2, 0.25) is 0 Å². The molecule has 1 unspecified atom stereocenters. The number of hydrogen-bond donors (Lipinski definition) is 2. The molecule has 0 heterocycles. The highest BCUT2D eigenvalue weighted by Crippen LogP contribution is 1.84. The van der Waals surface area contributed by atoms with Crippen molar-refractivity contribution in [2.24, 2.45) is 5.73 Å². The number of rotatable bonds is 2. The number of hydrogen-bond acceptors (Lipinski definition) is 3. The zero-order valence-electron chi connectivity index (χ0n) is 4.60. The lowest BCUT2D eigenvalue weighted by Crippen LogP contribution is -2.34. The molecular formula is C4H6ClN3O. The Balaban J connectivity index is 3.50. The lowest BCUT2D eigenvalue weighted by Gasteiger charge is -1.99. The average Bonchev–Trinajstić information content (AvgIpc) is 1.87. The SMILES string of the molecule is N#CC(Cl)NC(=O)CN. The smallest absolute Gasteiger partial charge is 0.235 e. The second-order valence-electron chi connectivity index (χ2n) is 1.26. The first-order chi connectivity index (χ1) is 4.20. The molecule has 0 aliphatic heterocycles. The van der Waals surface area contributed by atoms with Crippen molar-refractivity contribution >= 4 is 17.5 Å². The molecule has 1 atom stereocenters. The molecule has 0 aliphatic carbocycles. The number of nitrogens with two attached hydrogens (primary N) is 1. The summed E-state index contributed by atoms with van der Waals surface area (Å²) >= 11 is 5.19. The molecule has 4 nitrogen and oxygen atoms in total. The van der Waals surface area contributed by atoms with Crippen LogP contribution in [0, 0.1) is 11.3 Å². The maximum absolute atomic E-state index is 10.3. The van der Waals surface area contributed by atoms with Gasteiger partial charge >= 0.3 is 0 Å². The van der Waals surface area contributed by atoms with E-state index in [1.807, 2.05) is 0 Å². The quantitative estimate of drug-likeness (QED) is 0.395. The number of nitriles is 1. The Morgan fingerprint density at radius 1 is 2.00 bits per heavy atom. The molecule has 5 heteroatoms. The minimum atomic E-state index is -0.971. The van der Waals surface area contributed by atoms with E-state index in [0.29, 0.717) is 0 Å². The van der Waals surface area contributed by atoms with Crippen LogP contribution in [0.15, 0.2) is 0 Å². The molecule has 0 aromatic carbocycles. The molecule has 0 saturated heterocycles. The van der Waals surface area contributed by atoms with Crippen molar-refractivity contribution in [3.8, 4) is 6.07 Å². The van der Waals surface area contributed by atoms with Crippen molar-refractivity contribution < 1.29 is 4.79 Å². The molecular weight excluding hydrogens is 142 g/mol. The van der Waals surface area contributed by atoms with Crippen molar-refractivity contribution in [2.45, 2.75) is 5.50 Å². The number of nitrogens with one attached hydrogen (secondary N) is 1. The molecule has 0 aromatic rings. The first-order valence-electron chi connectivity index (χ1n) is 2.24. The Bertz CT molecular complexity index is 141. The molecule has 50 valence electrons. The van der Waals surface area contributed by atoms with Crippen LogP contribution in [0.4, 0.5) is 0 Å². The van der Waals surface area contributed by atoms with E-state index in [0.717, 1.165) is 0 Å². The molecule has 0 radical (unpaired) electrons. The first-order valence-corrected chi connectivity index (χ1v) is 2.67. The zero-order chi connectivity index (χ0) is 7.28. The Hall–Kier alpha value is -0.790. The van der Waals surface area contributed by atoms with E-state index in [1.165, 1.54) is 0 Å². The topological polar surface area (TPSA) is 78.9 Å². The highest BCUT2D eigenvalue weighted by atomic mass is 35.5. The minimum Gasteiger partial charge on any atom is -0.327 e. The van der Waals surface area contributed by atoms with Crippen molar-refractivity contribution in [1.29, 1.82) is 5.26 Å². The van der Waals surface area contributed by atoms with Crippen molar-refractivity contribution in [3.63, 3.8) is 0 Å². The van der Waals surface area contributed by atoms with Crippen LogP contribution in [-0.4, -0.2) is 18.0 Å². The van der Waals surface area contributed by atoms with Crippen LogP contribution in [0.1, 0.15) is 0 Å². The Morgan fingerprint density at radius 2 is 2.56 bits per heavy atom. The predicted molar refractivity (Wildman–Crippen MR) is 32.5 cm³/mol. The monoisotopic (exact) mass is 147 g/mol. The lowest BCUT2D eigenvalue weighted by molar-refractivity contribution is -0.119. The Kier molecular flexibility index (Phi) is 3.76. The van der Waals surface area contributed by atoms with Crippen LogP contribution < -0.4 is 11.1 Å². The zero-order valence-corrected chi connectivity index (χ0v) is 5.35. The molecule has 0 aliphatic rings. The van der Waals surface area contributed by atoms with Gasteiger partial charge in [0.2, 0.25) is 5.91 Å².